The largest absolute Gasteiger partial charge is 0.508 e. The summed E-state index contributed by atoms with van der Waals surface area (Å²) in [6.45, 7) is 5.69. The molecule has 0 aliphatic heterocycles. The van der Waals surface area contributed by atoms with E-state index < -0.39 is 0 Å². The van der Waals surface area contributed by atoms with Crippen LogP contribution < -0.4 is 0 Å². The van der Waals surface area contributed by atoms with Gasteiger partial charge >= 0.3 is 0 Å². The fraction of sp³-hybridized carbons (Fsp3) is 0.333. The highest BCUT2D eigenvalue weighted by atomic mass is 35.5. The molecule has 0 amide bonds. The Morgan fingerprint density at radius 1 is 1.18 bits per heavy atom. The van der Waals surface area contributed by atoms with E-state index in [1.807, 2.05) is 20.8 Å². The zero-order valence-corrected chi connectivity index (χ0v) is 7.66. The van der Waals surface area contributed by atoms with Crippen molar-refractivity contribution in [2.45, 2.75) is 20.8 Å². The SMILES string of the molecule is Cc1cc(O)c(C)c(Cl)c1C. The molecule has 1 aromatic rings. The quantitative estimate of drug-likeness (QED) is 0.635. The van der Waals surface area contributed by atoms with Crippen molar-refractivity contribution in [3.63, 3.8) is 0 Å². The predicted octanol–water partition coefficient (Wildman–Crippen LogP) is 2.97. The molecule has 0 aromatic heterocycles. The number of phenolic OH excluding ortho intramolecular Hbond substituents is 1. The Hall–Kier alpha value is -0.690. The van der Waals surface area contributed by atoms with Gasteiger partial charge in [0.15, 0.2) is 0 Å². The van der Waals surface area contributed by atoms with E-state index in [1.165, 1.54) is 0 Å². The second-order valence-electron chi connectivity index (χ2n) is 2.78. The Labute approximate surface area is 71.6 Å². The molecule has 0 spiro atoms. The highest BCUT2D eigenvalue weighted by Gasteiger charge is 2.06. The summed E-state index contributed by atoms with van der Waals surface area (Å²) in [5.74, 6) is 0.276. The highest BCUT2D eigenvalue weighted by molar-refractivity contribution is 6.32. The van der Waals surface area contributed by atoms with Crippen LogP contribution in [0.25, 0.3) is 0 Å². The van der Waals surface area contributed by atoms with E-state index in [2.05, 4.69) is 0 Å². The predicted molar refractivity (Wildman–Crippen MR) is 47.3 cm³/mol. The van der Waals surface area contributed by atoms with E-state index in [0.717, 1.165) is 16.7 Å². The highest BCUT2D eigenvalue weighted by Crippen LogP contribution is 2.30. The number of phenols is 1. The number of benzene rings is 1. The molecule has 0 fully saturated rings. The monoisotopic (exact) mass is 170 g/mol. The molecule has 0 unspecified atom stereocenters. The first kappa shape index (κ1) is 8.41. The molecule has 0 saturated heterocycles. The van der Waals surface area contributed by atoms with E-state index in [9.17, 15) is 5.11 Å². The molecule has 1 nitrogen and oxygen atoms in total. The third-order valence-corrected chi connectivity index (χ3v) is 2.55. The maximum absolute atomic E-state index is 9.32. The van der Waals surface area contributed by atoms with Gasteiger partial charge in [-0.05, 0) is 38.0 Å². The minimum Gasteiger partial charge on any atom is -0.508 e. The van der Waals surface area contributed by atoms with Gasteiger partial charge in [-0.25, -0.2) is 0 Å². The van der Waals surface area contributed by atoms with Gasteiger partial charge in [-0.2, -0.15) is 0 Å². The molecule has 0 aliphatic carbocycles. The Balaban J connectivity index is 3.46. The van der Waals surface area contributed by atoms with Crippen LogP contribution in [0.4, 0.5) is 0 Å². The summed E-state index contributed by atoms with van der Waals surface area (Å²) in [4.78, 5) is 0. The van der Waals surface area contributed by atoms with E-state index in [1.54, 1.807) is 6.07 Å². The van der Waals surface area contributed by atoms with Crippen molar-refractivity contribution in [3.05, 3.63) is 27.8 Å². The Morgan fingerprint density at radius 2 is 1.73 bits per heavy atom. The van der Waals surface area contributed by atoms with Crippen LogP contribution in [0, 0.1) is 20.8 Å². The minimum atomic E-state index is 0.276. The summed E-state index contributed by atoms with van der Waals surface area (Å²) >= 11 is 5.93. The van der Waals surface area contributed by atoms with E-state index >= 15 is 0 Å². The van der Waals surface area contributed by atoms with Crippen LogP contribution in [0.2, 0.25) is 5.02 Å². The lowest BCUT2D eigenvalue weighted by atomic mass is 10.1. The van der Waals surface area contributed by atoms with Crippen LogP contribution in [0.15, 0.2) is 6.07 Å². The van der Waals surface area contributed by atoms with Gasteiger partial charge in [0.2, 0.25) is 0 Å². The second kappa shape index (κ2) is 2.74. The molecule has 0 saturated carbocycles. The van der Waals surface area contributed by atoms with Gasteiger partial charge < -0.3 is 5.11 Å². The van der Waals surface area contributed by atoms with Gasteiger partial charge in [-0.15, -0.1) is 0 Å². The molecular weight excluding hydrogens is 160 g/mol. The van der Waals surface area contributed by atoms with Crippen molar-refractivity contribution >= 4 is 11.6 Å². The van der Waals surface area contributed by atoms with Gasteiger partial charge in [0.25, 0.3) is 0 Å². The summed E-state index contributed by atoms with van der Waals surface area (Å²) in [6.07, 6.45) is 0. The Bertz CT molecular complexity index is 266. The molecular formula is C9H11ClO. The lowest BCUT2D eigenvalue weighted by Crippen LogP contribution is -1.86. The maximum Gasteiger partial charge on any atom is 0.120 e. The number of aryl methyl sites for hydroxylation is 1. The zero-order chi connectivity index (χ0) is 8.59. The van der Waals surface area contributed by atoms with Crippen LogP contribution in [0.1, 0.15) is 16.7 Å². The number of hydrogen-bond acceptors (Lipinski definition) is 1. The van der Waals surface area contributed by atoms with Crippen molar-refractivity contribution in [1.82, 2.24) is 0 Å². The molecule has 1 aromatic carbocycles. The average Bonchev–Trinajstić information content (AvgIpc) is 1.97. The minimum absolute atomic E-state index is 0.276. The number of rotatable bonds is 0. The van der Waals surface area contributed by atoms with Crippen molar-refractivity contribution in [1.29, 1.82) is 0 Å². The van der Waals surface area contributed by atoms with E-state index in [0.29, 0.717) is 5.02 Å². The second-order valence-corrected chi connectivity index (χ2v) is 3.15. The lowest BCUT2D eigenvalue weighted by molar-refractivity contribution is 0.470. The fourth-order valence-electron chi connectivity index (χ4n) is 0.988. The third-order valence-electron chi connectivity index (χ3n) is 1.99. The number of halogens is 1. The average molecular weight is 171 g/mol. The van der Waals surface area contributed by atoms with Crippen molar-refractivity contribution in [3.8, 4) is 5.75 Å². The van der Waals surface area contributed by atoms with Crippen LogP contribution >= 0.6 is 11.6 Å². The van der Waals surface area contributed by atoms with E-state index in [-0.39, 0.29) is 5.75 Å². The van der Waals surface area contributed by atoms with E-state index in [4.69, 9.17) is 11.6 Å². The van der Waals surface area contributed by atoms with Crippen molar-refractivity contribution in [2.24, 2.45) is 0 Å². The Kier molecular flexibility index (Phi) is 2.10. The third kappa shape index (κ3) is 1.33. The Morgan fingerprint density at radius 3 is 2.27 bits per heavy atom. The summed E-state index contributed by atoms with van der Waals surface area (Å²) < 4.78 is 0. The summed E-state index contributed by atoms with van der Waals surface area (Å²) in [6, 6.07) is 1.73. The molecule has 0 radical (unpaired) electrons. The molecule has 1 N–H and O–H groups in total. The van der Waals surface area contributed by atoms with Gasteiger partial charge in [0.1, 0.15) is 5.75 Å². The van der Waals surface area contributed by atoms with Crippen LogP contribution in [-0.2, 0) is 0 Å². The van der Waals surface area contributed by atoms with Crippen LogP contribution in [0.5, 0.6) is 5.75 Å². The molecule has 11 heavy (non-hydrogen) atoms. The van der Waals surface area contributed by atoms with Gasteiger partial charge in [0.05, 0.1) is 5.02 Å². The molecule has 0 heterocycles. The summed E-state index contributed by atoms with van der Waals surface area (Å²) in [7, 11) is 0. The van der Waals surface area contributed by atoms with Gasteiger partial charge in [-0.3, -0.25) is 0 Å². The lowest BCUT2D eigenvalue weighted by Gasteiger charge is -2.07. The molecule has 60 valence electrons. The number of aromatic hydroxyl groups is 1. The normalized spacial score (nSPS) is 10.2. The molecule has 2 heteroatoms. The standard InChI is InChI=1S/C9H11ClO/c1-5-4-8(11)7(3)9(10)6(5)2/h4,11H,1-3H3. The molecule has 1 rings (SSSR count). The van der Waals surface area contributed by atoms with Gasteiger partial charge in [-0.1, -0.05) is 11.6 Å². The topological polar surface area (TPSA) is 20.2 Å². The number of hydrogen-bond donors (Lipinski definition) is 1. The first-order chi connectivity index (χ1) is 5.04. The van der Waals surface area contributed by atoms with Crippen LogP contribution in [-0.4, -0.2) is 5.11 Å². The summed E-state index contributed by atoms with van der Waals surface area (Å²) in [5, 5.41) is 9.99. The van der Waals surface area contributed by atoms with Crippen molar-refractivity contribution in [2.75, 3.05) is 0 Å². The summed E-state index contributed by atoms with van der Waals surface area (Å²) in [5.41, 5.74) is 2.83. The molecule has 0 atom stereocenters. The first-order valence-corrected chi connectivity index (χ1v) is 3.87. The van der Waals surface area contributed by atoms with Gasteiger partial charge in [0, 0.05) is 5.56 Å². The zero-order valence-electron chi connectivity index (χ0n) is 6.90. The maximum atomic E-state index is 9.32. The molecule has 0 aliphatic rings. The smallest absolute Gasteiger partial charge is 0.120 e. The van der Waals surface area contributed by atoms with Crippen molar-refractivity contribution < 1.29 is 5.11 Å². The fourth-order valence-corrected chi connectivity index (χ4v) is 1.23. The first-order valence-electron chi connectivity index (χ1n) is 3.49. The molecule has 0 bridgehead atoms. The van der Waals surface area contributed by atoms with Crippen LogP contribution in [0.3, 0.4) is 0 Å².